The van der Waals surface area contributed by atoms with E-state index in [1.54, 1.807) is 22.7 Å². The van der Waals surface area contributed by atoms with E-state index in [0.29, 0.717) is 0 Å². The van der Waals surface area contributed by atoms with Crippen molar-refractivity contribution in [2.45, 2.75) is 0 Å². The lowest BCUT2D eigenvalue weighted by Gasteiger charge is -1.93. The molecule has 1 N–H and O–H groups in total. The highest BCUT2D eigenvalue weighted by Gasteiger charge is 2.01. The predicted molar refractivity (Wildman–Crippen MR) is 104 cm³/mol. The van der Waals surface area contributed by atoms with Gasteiger partial charge in [-0.3, -0.25) is 5.43 Å². The topological polar surface area (TPSA) is 59.0 Å². The second-order valence-electron chi connectivity index (χ2n) is 5.41. The number of thiazole rings is 2. The van der Waals surface area contributed by atoms with Crippen LogP contribution in [0.2, 0.25) is 0 Å². The Bertz CT molecular complexity index is 1210. The van der Waals surface area contributed by atoms with Gasteiger partial charge in [0.15, 0.2) is 0 Å². The van der Waals surface area contributed by atoms with E-state index >= 15 is 0 Å². The maximum Gasteiger partial charge on any atom is 0.211 e. The van der Waals surface area contributed by atoms with Crippen molar-refractivity contribution in [1.82, 2.24) is 14.6 Å². The molecule has 0 aliphatic carbocycles. The van der Waals surface area contributed by atoms with Crippen LogP contribution in [0.25, 0.3) is 20.4 Å². The molecule has 0 unspecified atom stereocenters. The molecule has 0 radical (unpaired) electrons. The number of fused-ring (bicyclic) bond motifs is 2. The minimum absolute atomic E-state index is 0.840. The Balaban J connectivity index is 1.58. The van der Waals surface area contributed by atoms with Crippen LogP contribution in [0, 0.1) is 0 Å². The van der Waals surface area contributed by atoms with Crippen molar-refractivity contribution in [3.63, 3.8) is 0 Å². The van der Waals surface area contributed by atoms with Crippen LogP contribution >= 0.6 is 22.7 Å². The monoisotopic (exact) mass is 368 g/mol. The zero-order chi connectivity index (χ0) is 17.2. The molecule has 2 heterocycles. The van der Waals surface area contributed by atoms with E-state index in [4.69, 9.17) is 0 Å². The summed E-state index contributed by atoms with van der Waals surface area (Å²) in [5.41, 5.74) is 5.16. The molecule has 2 aromatic carbocycles. The highest BCUT2D eigenvalue weighted by atomic mass is 32.1. The van der Waals surface area contributed by atoms with Crippen LogP contribution < -0.4 is 15.0 Å². The SMILES string of the molecule is Cn1c(=NN=CNN=c2sc3ccccc3n2C)sc2ccccc21. The Kier molecular flexibility index (Phi) is 4.21. The van der Waals surface area contributed by atoms with Crippen molar-refractivity contribution in [1.29, 1.82) is 0 Å². The Morgan fingerprint density at radius 3 is 2.04 bits per heavy atom. The van der Waals surface area contributed by atoms with Gasteiger partial charge in [-0.2, -0.15) is 0 Å². The van der Waals surface area contributed by atoms with Gasteiger partial charge in [0.25, 0.3) is 0 Å². The molecule has 2 aromatic heterocycles. The first-order valence-corrected chi connectivity index (χ1v) is 9.31. The number of aromatic nitrogens is 2. The van der Waals surface area contributed by atoms with Crippen LogP contribution in [-0.2, 0) is 14.1 Å². The molecule has 8 heteroatoms. The van der Waals surface area contributed by atoms with Gasteiger partial charge in [0.05, 0.1) is 20.4 Å². The van der Waals surface area contributed by atoms with E-state index in [9.17, 15) is 0 Å². The van der Waals surface area contributed by atoms with E-state index in [0.717, 1.165) is 20.6 Å². The fraction of sp³-hybridized carbons (Fsp3) is 0.118. The summed E-state index contributed by atoms with van der Waals surface area (Å²) in [6, 6.07) is 16.4. The predicted octanol–water partition coefficient (Wildman–Crippen LogP) is 2.74. The second kappa shape index (κ2) is 6.66. The summed E-state index contributed by atoms with van der Waals surface area (Å²) in [6.45, 7) is 0. The first-order valence-electron chi connectivity index (χ1n) is 7.68. The fourth-order valence-electron chi connectivity index (χ4n) is 2.55. The summed E-state index contributed by atoms with van der Waals surface area (Å²) in [6.07, 6.45) is 1.49. The molecule has 0 amide bonds. The molecule has 6 nitrogen and oxygen atoms in total. The third-order valence-electron chi connectivity index (χ3n) is 3.85. The Morgan fingerprint density at radius 1 is 0.840 bits per heavy atom. The van der Waals surface area contributed by atoms with Gasteiger partial charge >= 0.3 is 0 Å². The lowest BCUT2D eigenvalue weighted by molar-refractivity contribution is 0.849. The number of para-hydroxylation sites is 2. The van der Waals surface area contributed by atoms with Crippen LogP contribution in [0.5, 0.6) is 0 Å². The molecule has 0 aliphatic rings. The minimum Gasteiger partial charge on any atom is -0.318 e. The van der Waals surface area contributed by atoms with E-state index in [1.807, 2.05) is 47.5 Å². The first kappa shape index (κ1) is 15.8. The summed E-state index contributed by atoms with van der Waals surface area (Å²) in [4.78, 5) is 1.71. The molecule has 4 aromatic rings. The Hall–Kier alpha value is -2.71. The average Bonchev–Trinajstić information content (AvgIpc) is 3.13. The van der Waals surface area contributed by atoms with Crippen LogP contribution in [-0.4, -0.2) is 15.5 Å². The van der Waals surface area contributed by atoms with Crippen molar-refractivity contribution in [3.05, 3.63) is 58.1 Å². The zero-order valence-corrected chi connectivity index (χ0v) is 15.4. The minimum atomic E-state index is 0.840. The Labute approximate surface area is 151 Å². The number of rotatable bonds is 3. The van der Waals surface area contributed by atoms with Crippen LogP contribution in [0.1, 0.15) is 0 Å². The van der Waals surface area contributed by atoms with Gasteiger partial charge in [-0.25, -0.2) is 0 Å². The summed E-state index contributed by atoms with van der Waals surface area (Å²) in [5, 5.41) is 12.7. The summed E-state index contributed by atoms with van der Waals surface area (Å²) >= 11 is 3.23. The molecular formula is C17H16N6S2. The number of benzene rings is 2. The summed E-state index contributed by atoms with van der Waals surface area (Å²) in [7, 11) is 3.99. The number of hydrogen-bond acceptors (Lipinski definition) is 5. The van der Waals surface area contributed by atoms with Gasteiger partial charge in [0.2, 0.25) is 9.60 Å². The van der Waals surface area contributed by atoms with Crippen LogP contribution in [0.4, 0.5) is 0 Å². The van der Waals surface area contributed by atoms with Crippen molar-refractivity contribution >= 4 is 49.4 Å². The summed E-state index contributed by atoms with van der Waals surface area (Å²) in [5.74, 6) is 0. The van der Waals surface area contributed by atoms with E-state index in [-0.39, 0.29) is 0 Å². The molecule has 0 bridgehead atoms. The highest BCUT2D eigenvalue weighted by Crippen LogP contribution is 2.15. The standard InChI is InChI=1S/C17H16N6S2/c1-22-12-7-3-5-9-14(12)24-16(22)20-18-11-19-21-17-23(2)13-8-4-6-10-15(13)25-17/h3-11H,1-2H3,(H,18,19). The molecular weight excluding hydrogens is 352 g/mol. The molecule has 0 spiro atoms. The lowest BCUT2D eigenvalue weighted by Crippen LogP contribution is -2.16. The van der Waals surface area contributed by atoms with Crippen molar-refractivity contribution in [3.8, 4) is 0 Å². The zero-order valence-electron chi connectivity index (χ0n) is 13.7. The van der Waals surface area contributed by atoms with Gasteiger partial charge in [0.1, 0.15) is 6.34 Å². The number of nitrogens with zero attached hydrogens (tertiary/aromatic N) is 5. The van der Waals surface area contributed by atoms with Gasteiger partial charge in [-0.05, 0) is 24.3 Å². The molecule has 0 saturated carbocycles. The third kappa shape index (κ3) is 3.01. The molecule has 0 fully saturated rings. The van der Waals surface area contributed by atoms with E-state index in [1.165, 1.54) is 15.7 Å². The molecule has 25 heavy (non-hydrogen) atoms. The largest absolute Gasteiger partial charge is 0.318 e. The van der Waals surface area contributed by atoms with Crippen LogP contribution in [0.15, 0.2) is 63.8 Å². The number of nitrogens with one attached hydrogen (secondary N) is 1. The normalized spacial score (nSPS) is 13.5. The maximum absolute atomic E-state index is 4.36. The van der Waals surface area contributed by atoms with E-state index in [2.05, 4.69) is 45.0 Å². The fourth-order valence-corrected chi connectivity index (χ4v) is 4.52. The smallest absolute Gasteiger partial charge is 0.211 e. The van der Waals surface area contributed by atoms with Crippen LogP contribution in [0.3, 0.4) is 0 Å². The molecule has 0 aliphatic heterocycles. The lowest BCUT2D eigenvalue weighted by atomic mass is 10.3. The number of hydrogen-bond donors (Lipinski definition) is 1. The van der Waals surface area contributed by atoms with E-state index < -0.39 is 0 Å². The molecule has 0 atom stereocenters. The highest BCUT2D eigenvalue weighted by molar-refractivity contribution is 7.16. The summed E-state index contributed by atoms with van der Waals surface area (Å²) < 4.78 is 6.46. The average molecular weight is 368 g/mol. The molecule has 126 valence electrons. The van der Waals surface area contributed by atoms with Crippen molar-refractivity contribution in [2.75, 3.05) is 0 Å². The number of aryl methyl sites for hydroxylation is 2. The molecule has 4 rings (SSSR count). The van der Waals surface area contributed by atoms with Crippen molar-refractivity contribution in [2.24, 2.45) is 29.4 Å². The Morgan fingerprint density at radius 2 is 1.40 bits per heavy atom. The third-order valence-corrected chi connectivity index (χ3v) is 6.06. The quantitative estimate of drug-likeness (QED) is 0.337. The first-order chi connectivity index (χ1) is 12.2. The van der Waals surface area contributed by atoms with Gasteiger partial charge in [-0.1, -0.05) is 46.9 Å². The maximum atomic E-state index is 4.36. The van der Waals surface area contributed by atoms with Gasteiger partial charge in [0, 0.05) is 14.1 Å². The molecule has 0 saturated heterocycles. The van der Waals surface area contributed by atoms with Gasteiger partial charge in [-0.15, -0.1) is 15.3 Å². The van der Waals surface area contributed by atoms with Crippen molar-refractivity contribution < 1.29 is 0 Å². The second-order valence-corrected chi connectivity index (χ2v) is 7.43. The van der Waals surface area contributed by atoms with Gasteiger partial charge < -0.3 is 9.13 Å².